The fraction of sp³-hybridized carbons (Fsp3) is 0.417. The van der Waals surface area contributed by atoms with Gasteiger partial charge < -0.3 is 9.47 Å². The highest BCUT2D eigenvalue weighted by molar-refractivity contribution is 5.75. The first-order valence-corrected chi connectivity index (χ1v) is 10.2. The van der Waals surface area contributed by atoms with Gasteiger partial charge >= 0.3 is 11.9 Å². The first-order chi connectivity index (χ1) is 14.5. The quantitative estimate of drug-likeness (QED) is 0.529. The van der Waals surface area contributed by atoms with Crippen LogP contribution in [0.2, 0.25) is 0 Å². The molecule has 2 aromatic carbocycles. The molecule has 2 atom stereocenters. The molecule has 0 N–H and O–H groups in total. The van der Waals surface area contributed by atoms with Gasteiger partial charge in [-0.3, -0.25) is 19.4 Å². The Kier molecular flexibility index (Phi) is 9.51. The van der Waals surface area contributed by atoms with Crippen molar-refractivity contribution in [1.82, 2.24) is 9.80 Å². The summed E-state index contributed by atoms with van der Waals surface area (Å²) in [6, 6.07) is 19.2. The molecule has 6 nitrogen and oxygen atoms in total. The van der Waals surface area contributed by atoms with Crippen molar-refractivity contribution in [1.29, 1.82) is 0 Å². The summed E-state index contributed by atoms with van der Waals surface area (Å²) in [6.45, 7) is 6.12. The lowest BCUT2D eigenvalue weighted by Gasteiger charge is -2.32. The molecular weight excluding hydrogens is 380 g/mol. The fourth-order valence-electron chi connectivity index (χ4n) is 3.35. The molecule has 6 heteroatoms. The molecule has 30 heavy (non-hydrogen) atoms. The minimum atomic E-state index is -0.401. The Bertz CT molecular complexity index is 715. The molecule has 0 fully saturated rings. The summed E-state index contributed by atoms with van der Waals surface area (Å²) in [5.41, 5.74) is 2.23. The van der Waals surface area contributed by atoms with Gasteiger partial charge in [0.1, 0.15) is 12.1 Å². The summed E-state index contributed by atoms with van der Waals surface area (Å²) in [6.07, 6.45) is 0. The number of benzene rings is 2. The normalized spacial score (nSPS) is 13.1. The van der Waals surface area contributed by atoms with Crippen LogP contribution in [0.15, 0.2) is 60.7 Å². The second-order valence-electron chi connectivity index (χ2n) is 7.31. The van der Waals surface area contributed by atoms with Crippen LogP contribution in [0.1, 0.15) is 25.0 Å². The van der Waals surface area contributed by atoms with Crippen molar-refractivity contribution in [2.75, 3.05) is 27.3 Å². The highest BCUT2D eigenvalue weighted by atomic mass is 16.5. The number of carbonyl (C=O) groups is 2. The molecule has 2 aromatic rings. The first kappa shape index (κ1) is 23.6. The van der Waals surface area contributed by atoms with Crippen LogP contribution in [0.5, 0.6) is 0 Å². The van der Waals surface area contributed by atoms with Gasteiger partial charge in [0.25, 0.3) is 0 Å². The summed E-state index contributed by atoms with van der Waals surface area (Å²) < 4.78 is 9.94. The molecule has 0 aliphatic heterocycles. The predicted octanol–water partition coefficient (Wildman–Crippen LogP) is 3.11. The molecule has 0 aromatic heterocycles. The van der Waals surface area contributed by atoms with Gasteiger partial charge in [-0.2, -0.15) is 0 Å². The maximum atomic E-state index is 12.2. The van der Waals surface area contributed by atoms with Gasteiger partial charge in [0.15, 0.2) is 0 Å². The van der Waals surface area contributed by atoms with Gasteiger partial charge in [0.2, 0.25) is 0 Å². The third-order valence-electron chi connectivity index (χ3n) is 5.31. The predicted molar refractivity (Wildman–Crippen MR) is 117 cm³/mol. The Morgan fingerprint density at radius 2 is 1.03 bits per heavy atom. The van der Waals surface area contributed by atoms with Crippen LogP contribution in [-0.2, 0) is 32.2 Å². The van der Waals surface area contributed by atoms with Crippen LogP contribution < -0.4 is 0 Å². The third kappa shape index (κ3) is 6.97. The Hall–Kier alpha value is -2.70. The third-order valence-corrected chi connectivity index (χ3v) is 5.31. The molecule has 0 aliphatic rings. The van der Waals surface area contributed by atoms with Gasteiger partial charge in [0.05, 0.1) is 14.2 Å². The Morgan fingerprint density at radius 1 is 0.700 bits per heavy atom. The topological polar surface area (TPSA) is 59.1 Å². The zero-order chi connectivity index (χ0) is 21.9. The summed E-state index contributed by atoms with van der Waals surface area (Å²) in [7, 11) is 2.81. The minimum absolute atomic E-state index is 0.276. The zero-order valence-electron chi connectivity index (χ0n) is 18.3. The van der Waals surface area contributed by atoms with E-state index in [1.165, 1.54) is 14.2 Å². The summed E-state index contributed by atoms with van der Waals surface area (Å²) in [5, 5.41) is 0. The molecule has 0 bridgehead atoms. The molecule has 0 unspecified atom stereocenters. The van der Waals surface area contributed by atoms with E-state index in [2.05, 4.69) is 9.80 Å². The van der Waals surface area contributed by atoms with E-state index < -0.39 is 12.1 Å². The molecule has 162 valence electrons. The lowest BCUT2D eigenvalue weighted by molar-refractivity contribution is -0.148. The maximum Gasteiger partial charge on any atom is 0.322 e. The smallest absolute Gasteiger partial charge is 0.322 e. The number of rotatable bonds is 11. The highest BCUT2D eigenvalue weighted by Crippen LogP contribution is 2.13. The van der Waals surface area contributed by atoms with E-state index >= 15 is 0 Å². The molecule has 0 amide bonds. The highest BCUT2D eigenvalue weighted by Gasteiger charge is 2.26. The van der Waals surface area contributed by atoms with Crippen molar-refractivity contribution >= 4 is 11.9 Å². The second-order valence-corrected chi connectivity index (χ2v) is 7.31. The van der Waals surface area contributed by atoms with E-state index in [0.29, 0.717) is 26.2 Å². The standard InChI is InChI=1S/C24H32N2O4/c1-19(23(27)29-3)25(17-21-11-7-5-8-12-21)15-16-26(20(2)24(28)30-4)18-22-13-9-6-10-14-22/h5-14,19-20H,15-18H2,1-4H3/t19-,20-/m0/s1. The number of hydrogen-bond acceptors (Lipinski definition) is 6. The van der Waals surface area contributed by atoms with Crippen molar-refractivity contribution < 1.29 is 19.1 Å². The van der Waals surface area contributed by atoms with Crippen molar-refractivity contribution in [3.63, 3.8) is 0 Å². The van der Waals surface area contributed by atoms with E-state index in [1.54, 1.807) is 0 Å². The van der Waals surface area contributed by atoms with E-state index in [1.807, 2.05) is 74.5 Å². The molecular formula is C24H32N2O4. The second kappa shape index (κ2) is 12.1. The zero-order valence-corrected chi connectivity index (χ0v) is 18.3. The minimum Gasteiger partial charge on any atom is -0.468 e. The van der Waals surface area contributed by atoms with Crippen LogP contribution in [0.4, 0.5) is 0 Å². The van der Waals surface area contributed by atoms with Gasteiger partial charge in [-0.05, 0) is 25.0 Å². The summed E-state index contributed by atoms with van der Waals surface area (Å²) in [5.74, 6) is -0.553. The number of esters is 2. The molecule has 0 heterocycles. The summed E-state index contributed by atoms with van der Waals surface area (Å²) in [4.78, 5) is 28.6. The Morgan fingerprint density at radius 3 is 1.33 bits per heavy atom. The first-order valence-electron chi connectivity index (χ1n) is 10.2. The SMILES string of the molecule is COC(=O)[C@H](C)N(CCN(Cc1ccccc1)[C@@H](C)C(=O)OC)Cc1ccccc1. The maximum absolute atomic E-state index is 12.2. The molecule has 0 aliphatic carbocycles. The fourth-order valence-corrected chi connectivity index (χ4v) is 3.35. The number of nitrogens with zero attached hydrogens (tertiary/aromatic N) is 2. The van der Waals surface area contributed by atoms with Crippen LogP contribution in [0.3, 0.4) is 0 Å². The molecule has 0 spiro atoms. The summed E-state index contributed by atoms with van der Waals surface area (Å²) >= 11 is 0. The van der Waals surface area contributed by atoms with Gasteiger partial charge in [-0.1, -0.05) is 60.7 Å². The Balaban J connectivity index is 2.16. The molecule has 0 saturated carbocycles. The number of carbonyl (C=O) groups excluding carboxylic acids is 2. The van der Waals surface area contributed by atoms with Gasteiger partial charge in [-0.25, -0.2) is 0 Å². The largest absolute Gasteiger partial charge is 0.468 e. The number of ether oxygens (including phenoxy) is 2. The monoisotopic (exact) mass is 412 g/mol. The van der Waals surface area contributed by atoms with Crippen LogP contribution in [0, 0.1) is 0 Å². The lowest BCUT2D eigenvalue weighted by atomic mass is 10.1. The van der Waals surface area contributed by atoms with Crippen molar-refractivity contribution in [2.24, 2.45) is 0 Å². The van der Waals surface area contributed by atoms with E-state index in [0.717, 1.165) is 11.1 Å². The van der Waals surface area contributed by atoms with Crippen molar-refractivity contribution in [3.05, 3.63) is 71.8 Å². The van der Waals surface area contributed by atoms with Gasteiger partial charge in [0, 0.05) is 26.2 Å². The molecule has 2 rings (SSSR count). The van der Waals surface area contributed by atoms with Crippen molar-refractivity contribution in [2.45, 2.75) is 39.0 Å². The van der Waals surface area contributed by atoms with E-state index in [-0.39, 0.29) is 11.9 Å². The molecule has 0 saturated heterocycles. The average Bonchev–Trinajstić information content (AvgIpc) is 2.80. The number of hydrogen-bond donors (Lipinski definition) is 0. The number of methoxy groups -OCH3 is 2. The van der Waals surface area contributed by atoms with E-state index in [4.69, 9.17) is 9.47 Å². The van der Waals surface area contributed by atoms with Gasteiger partial charge in [-0.15, -0.1) is 0 Å². The van der Waals surface area contributed by atoms with E-state index in [9.17, 15) is 9.59 Å². The average molecular weight is 413 g/mol. The van der Waals surface area contributed by atoms with Crippen molar-refractivity contribution in [3.8, 4) is 0 Å². The van der Waals surface area contributed by atoms with Crippen LogP contribution in [-0.4, -0.2) is 61.1 Å². The lowest BCUT2D eigenvalue weighted by Crippen LogP contribution is -2.47. The van der Waals surface area contributed by atoms with Crippen LogP contribution >= 0.6 is 0 Å². The molecule has 0 radical (unpaired) electrons. The Labute approximate surface area is 179 Å². The van der Waals surface area contributed by atoms with Crippen LogP contribution in [0.25, 0.3) is 0 Å².